The van der Waals surface area contributed by atoms with Crippen LogP contribution in [0.1, 0.15) is 36.5 Å². The van der Waals surface area contributed by atoms with Crippen LogP contribution in [0.4, 0.5) is 13.2 Å². The summed E-state index contributed by atoms with van der Waals surface area (Å²) in [6, 6.07) is 13.5. The zero-order valence-electron chi connectivity index (χ0n) is 14.9. The van der Waals surface area contributed by atoms with Crippen molar-refractivity contribution in [2.75, 3.05) is 6.54 Å². The number of alkyl halides is 3. The molecule has 0 bridgehead atoms. The van der Waals surface area contributed by atoms with E-state index in [9.17, 15) is 22.8 Å². The third kappa shape index (κ3) is 6.94. The van der Waals surface area contributed by atoms with Crippen LogP contribution in [0.3, 0.4) is 0 Å². The number of rotatable bonds is 9. The predicted molar refractivity (Wildman–Crippen MR) is 95.8 cm³/mol. The molecule has 0 radical (unpaired) electrons. The largest absolute Gasteiger partial charge is 0.486 e. The number of benzene rings is 2. The van der Waals surface area contributed by atoms with Gasteiger partial charge < -0.3 is 15.2 Å². The van der Waals surface area contributed by atoms with Crippen molar-refractivity contribution in [3.8, 4) is 5.75 Å². The number of aliphatic carboxylic acids is 1. The normalized spacial score (nSPS) is 12.2. The number of ether oxygens (including phenoxy) is 1. The van der Waals surface area contributed by atoms with Crippen LogP contribution in [0.25, 0.3) is 0 Å². The van der Waals surface area contributed by atoms with Crippen molar-refractivity contribution in [2.24, 2.45) is 0 Å². The van der Waals surface area contributed by atoms with E-state index in [1.807, 2.05) is 30.3 Å². The second-order valence-corrected chi connectivity index (χ2v) is 6.07. The zero-order valence-corrected chi connectivity index (χ0v) is 14.9. The van der Waals surface area contributed by atoms with Crippen LogP contribution in [-0.2, 0) is 15.8 Å². The van der Waals surface area contributed by atoms with E-state index in [1.165, 1.54) is 12.1 Å². The number of carbonyl (C=O) groups is 2. The summed E-state index contributed by atoms with van der Waals surface area (Å²) in [5.41, 5.74) is 0.0454. The minimum Gasteiger partial charge on any atom is -0.486 e. The third-order valence-electron chi connectivity index (χ3n) is 3.93. The molecule has 0 aliphatic carbocycles. The Kier molecular flexibility index (Phi) is 7.43. The van der Waals surface area contributed by atoms with Crippen molar-refractivity contribution in [3.63, 3.8) is 0 Å². The summed E-state index contributed by atoms with van der Waals surface area (Å²) in [4.78, 5) is 22.1. The Balaban J connectivity index is 2.00. The summed E-state index contributed by atoms with van der Waals surface area (Å²) < 4.78 is 43.9. The SMILES string of the molecule is O=C(O)CCC(=O)NCCC(Oc1ccc(C(F)(F)F)cc1)c1ccccc1. The molecule has 2 rings (SSSR count). The number of carbonyl (C=O) groups excluding carboxylic acids is 1. The number of carboxylic acid groups (broad SMARTS) is 1. The number of amides is 1. The molecule has 0 saturated carbocycles. The van der Waals surface area contributed by atoms with Crippen molar-refractivity contribution in [3.05, 3.63) is 65.7 Å². The summed E-state index contributed by atoms with van der Waals surface area (Å²) in [7, 11) is 0. The summed E-state index contributed by atoms with van der Waals surface area (Å²) in [6.45, 7) is 0.235. The van der Waals surface area contributed by atoms with Gasteiger partial charge in [-0.1, -0.05) is 30.3 Å². The first-order valence-electron chi connectivity index (χ1n) is 8.63. The number of hydrogen-bond acceptors (Lipinski definition) is 3. The van der Waals surface area contributed by atoms with Crippen LogP contribution in [0.5, 0.6) is 5.75 Å². The van der Waals surface area contributed by atoms with Crippen LogP contribution < -0.4 is 10.1 Å². The van der Waals surface area contributed by atoms with Crippen LogP contribution in [0.2, 0.25) is 0 Å². The average molecular weight is 395 g/mol. The van der Waals surface area contributed by atoms with Gasteiger partial charge in [0.15, 0.2) is 0 Å². The fourth-order valence-electron chi connectivity index (χ4n) is 2.50. The quantitative estimate of drug-likeness (QED) is 0.667. The van der Waals surface area contributed by atoms with Crippen molar-refractivity contribution in [2.45, 2.75) is 31.5 Å². The first kappa shape index (κ1) is 21.3. The summed E-state index contributed by atoms with van der Waals surface area (Å²) in [6.07, 6.45) is -4.92. The Hall–Kier alpha value is -3.03. The van der Waals surface area contributed by atoms with E-state index in [4.69, 9.17) is 9.84 Å². The molecule has 8 heteroatoms. The maximum atomic E-state index is 12.7. The Morgan fingerprint density at radius 3 is 2.21 bits per heavy atom. The van der Waals surface area contributed by atoms with Gasteiger partial charge in [0.2, 0.25) is 5.91 Å². The van der Waals surface area contributed by atoms with Gasteiger partial charge in [0.1, 0.15) is 11.9 Å². The number of hydrogen-bond donors (Lipinski definition) is 2. The molecule has 1 unspecified atom stereocenters. The fourth-order valence-corrected chi connectivity index (χ4v) is 2.50. The van der Waals surface area contributed by atoms with E-state index in [0.717, 1.165) is 17.7 Å². The molecular weight excluding hydrogens is 375 g/mol. The van der Waals surface area contributed by atoms with Crippen molar-refractivity contribution < 1.29 is 32.6 Å². The highest BCUT2D eigenvalue weighted by atomic mass is 19.4. The van der Waals surface area contributed by atoms with Gasteiger partial charge in [0.05, 0.1) is 12.0 Å². The number of halogens is 3. The standard InChI is InChI=1S/C20H20F3NO4/c21-20(22,23)15-6-8-16(9-7-15)28-17(14-4-2-1-3-5-14)12-13-24-18(25)10-11-19(26)27/h1-9,17H,10-13H2,(H,24,25)(H,26,27). The van der Waals surface area contributed by atoms with Gasteiger partial charge in [-0.3, -0.25) is 9.59 Å². The smallest absolute Gasteiger partial charge is 0.416 e. The number of carboxylic acids is 1. The van der Waals surface area contributed by atoms with Gasteiger partial charge in [-0.05, 0) is 29.8 Å². The summed E-state index contributed by atoms with van der Waals surface area (Å²) in [5, 5.41) is 11.2. The molecular formula is C20H20F3NO4. The molecule has 0 aliphatic heterocycles. The summed E-state index contributed by atoms with van der Waals surface area (Å²) >= 11 is 0. The molecule has 1 amide bonds. The molecule has 0 aliphatic rings. The van der Waals surface area contributed by atoms with E-state index < -0.39 is 23.8 Å². The molecule has 5 nitrogen and oxygen atoms in total. The van der Waals surface area contributed by atoms with E-state index in [1.54, 1.807) is 0 Å². The van der Waals surface area contributed by atoms with Gasteiger partial charge in [0, 0.05) is 19.4 Å². The zero-order chi connectivity index (χ0) is 20.6. The molecule has 2 N–H and O–H groups in total. The molecule has 2 aromatic carbocycles. The molecule has 0 heterocycles. The van der Waals surface area contributed by atoms with Crippen LogP contribution in [0, 0.1) is 0 Å². The van der Waals surface area contributed by atoms with Gasteiger partial charge in [-0.25, -0.2) is 0 Å². The van der Waals surface area contributed by atoms with Gasteiger partial charge in [0.25, 0.3) is 0 Å². The molecule has 150 valence electrons. The first-order valence-corrected chi connectivity index (χ1v) is 8.63. The van der Waals surface area contributed by atoms with E-state index in [2.05, 4.69) is 5.32 Å². The summed E-state index contributed by atoms with van der Waals surface area (Å²) in [5.74, 6) is -1.16. The van der Waals surface area contributed by atoms with Crippen molar-refractivity contribution in [1.29, 1.82) is 0 Å². The second kappa shape index (κ2) is 9.77. The highest BCUT2D eigenvalue weighted by Crippen LogP contribution is 2.31. The monoisotopic (exact) mass is 395 g/mol. The molecule has 0 saturated heterocycles. The third-order valence-corrected chi connectivity index (χ3v) is 3.93. The molecule has 0 fully saturated rings. The Labute approximate surface area is 160 Å². The van der Waals surface area contributed by atoms with Crippen LogP contribution in [0.15, 0.2) is 54.6 Å². The van der Waals surface area contributed by atoms with E-state index in [-0.39, 0.29) is 31.0 Å². The maximum Gasteiger partial charge on any atom is 0.416 e. The topological polar surface area (TPSA) is 75.6 Å². The Bertz CT molecular complexity index is 776. The Morgan fingerprint density at radius 2 is 1.64 bits per heavy atom. The van der Waals surface area contributed by atoms with E-state index >= 15 is 0 Å². The molecule has 1 atom stereocenters. The van der Waals surface area contributed by atoms with Gasteiger partial charge in [-0.2, -0.15) is 13.2 Å². The van der Waals surface area contributed by atoms with Crippen LogP contribution >= 0.6 is 0 Å². The Morgan fingerprint density at radius 1 is 1.00 bits per heavy atom. The lowest BCUT2D eigenvalue weighted by Crippen LogP contribution is -2.27. The fraction of sp³-hybridized carbons (Fsp3) is 0.300. The average Bonchev–Trinajstić information content (AvgIpc) is 2.66. The highest BCUT2D eigenvalue weighted by Gasteiger charge is 2.30. The lowest BCUT2D eigenvalue weighted by molar-refractivity contribution is -0.139. The lowest BCUT2D eigenvalue weighted by atomic mass is 10.1. The van der Waals surface area contributed by atoms with Gasteiger partial charge in [-0.15, -0.1) is 0 Å². The van der Waals surface area contributed by atoms with E-state index in [0.29, 0.717) is 6.42 Å². The molecule has 0 spiro atoms. The minimum atomic E-state index is -4.42. The maximum absolute atomic E-state index is 12.7. The van der Waals surface area contributed by atoms with Crippen molar-refractivity contribution >= 4 is 11.9 Å². The number of nitrogens with one attached hydrogen (secondary N) is 1. The molecule has 28 heavy (non-hydrogen) atoms. The minimum absolute atomic E-state index is 0.120. The second-order valence-electron chi connectivity index (χ2n) is 6.07. The predicted octanol–water partition coefficient (Wildman–Crippen LogP) is 4.20. The molecule has 2 aromatic rings. The first-order chi connectivity index (χ1) is 13.3. The molecule has 0 aromatic heterocycles. The lowest BCUT2D eigenvalue weighted by Gasteiger charge is -2.20. The van der Waals surface area contributed by atoms with Gasteiger partial charge >= 0.3 is 12.1 Å². The highest BCUT2D eigenvalue weighted by molar-refractivity contribution is 5.80. The van der Waals surface area contributed by atoms with Crippen molar-refractivity contribution in [1.82, 2.24) is 5.32 Å². The van der Waals surface area contributed by atoms with Crippen LogP contribution in [-0.4, -0.2) is 23.5 Å².